The lowest BCUT2D eigenvalue weighted by molar-refractivity contribution is -0.140. The summed E-state index contributed by atoms with van der Waals surface area (Å²) in [6.45, 7) is 16.0. The molecule has 1 heterocycles. The van der Waals surface area contributed by atoms with E-state index >= 15 is 0 Å². The normalized spacial score (nSPS) is 21.8. The van der Waals surface area contributed by atoms with Crippen molar-refractivity contribution in [1.29, 1.82) is 0 Å². The maximum Gasteiger partial charge on any atom is 0.243 e. The SMILES string of the molecule is C=C(Cl)/C=C(/C)C(=C)Br.CC(C)C.CN1CC(=O)NC2(CC2)COC/C=C/CC(N(C)C(=O)CC2CC2)C(=O)NCC1=O. The van der Waals surface area contributed by atoms with Gasteiger partial charge in [-0.25, -0.2) is 0 Å². The molecule has 0 radical (unpaired) electrons. The van der Waals surface area contributed by atoms with Gasteiger partial charge in [-0.3, -0.25) is 19.2 Å². The van der Waals surface area contributed by atoms with Crippen molar-refractivity contribution in [3.8, 4) is 0 Å². The molecule has 1 atom stereocenters. The summed E-state index contributed by atoms with van der Waals surface area (Å²) in [5.41, 5.74) is 0.660. The lowest BCUT2D eigenvalue weighted by Gasteiger charge is -2.27. The number of carbonyl (C=O) groups excluding carboxylic acids is 4. The van der Waals surface area contributed by atoms with Crippen LogP contribution in [-0.2, 0) is 23.9 Å². The van der Waals surface area contributed by atoms with Crippen LogP contribution in [0.3, 0.4) is 0 Å². The number of halogens is 2. The first-order valence-corrected chi connectivity index (χ1v) is 15.9. The van der Waals surface area contributed by atoms with Gasteiger partial charge in [0.2, 0.25) is 23.6 Å². The summed E-state index contributed by atoms with van der Waals surface area (Å²) in [7, 11) is 3.16. The second-order valence-electron chi connectivity index (χ2n) is 12.1. The lowest BCUT2D eigenvalue weighted by atomic mass is 10.1. The van der Waals surface area contributed by atoms with Gasteiger partial charge in [-0.05, 0) is 62.5 Å². The van der Waals surface area contributed by atoms with Gasteiger partial charge in [0.15, 0.2) is 0 Å². The van der Waals surface area contributed by atoms with Gasteiger partial charge in [-0.2, -0.15) is 0 Å². The van der Waals surface area contributed by atoms with Crippen LogP contribution in [0.5, 0.6) is 0 Å². The molecule has 9 nitrogen and oxygen atoms in total. The number of rotatable bonds is 5. The van der Waals surface area contributed by atoms with E-state index in [0.717, 1.165) is 41.7 Å². The molecular formula is C32H50BrClN4O5. The minimum Gasteiger partial charge on any atom is -0.375 e. The summed E-state index contributed by atoms with van der Waals surface area (Å²) >= 11 is 8.69. The maximum atomic E-state index is 12.7. The second kappa shape index (κ2) is 19.1. The minimum atomic E-state index is -0.698. The number of likely N-dealkylation sites (N-methyl/N-ethyl adjacent to an activating group) is 2. The molecule has 3 aliphatic rings. The van der Waals surface area contributed by atoms with Gasteiger partial charge < -0.3 is 25.2 Å². The number of ether oxygens (including phenoxy) is 1. The van der Waals surface area contributed by atoms with Crippen LogP contribution < -0.4 is 10.6 Å². The highest BCUT2D eigenvalue weighted by atomic mass is 79.9. The van der Waals surface area contributed by atoms with E-state index in [1.165, 1.54) is 16.8 Å². The van der Waals surface area contributed by atoms with E-state index in [-0.39, 0.29) is 42.3 Å². The Hall–Kier alpha value is -2.43. The van der Waals surface area contributed by atoms with E-state index in [4.69, 9.17) is 16.3 Å². The van der Waals surface area contributed by atoms with Crippen LogP contribution in [0.15, 0.2) is 46.5 Å². The first-order valence-electron chi connectivity index (χ1n) is 14.8. The zero-order valence-electron chi connectivity index (χ0n) is 26.6. The number of nitrogens with one attached hydrogen (secondary N) is 2. The fraction of sp³-hybridized carbons (Fsp3) is 0.625. The smallest absolute Gasteiger partial charge is 0.243 e. The van der Waals surface area contributed by atoms with E-state index in [0.29, 0.717) is 37.0 Å². The predicted molar refractivity (Wildman–Crippen MR) is 177 cm³/mol. The average Bonchev–Trinajstić information content (AvgIpc) is 3.83. The van der Waals surface area contributed by atoms with Crippen molar-refractivity contribution in [2.24, 2.45) is 11.8 Å². The predicted octanol–water partition coefficient (Wildman–Crippen LogP) is 5.07. The Morgan fingerprint density at radius 1 is 1.23 bits per heavy atom. The molecule has 1 spiro atoms. The lowest BCUT2D eigenvalue weighted by Crippen LogP contribution is -2.51. The molecule has 4 amide bonds. The molecule has 11 heteroatoms. The molecule has 3 rings (SSSR count). The van der Waals surface area contributed by atoms with Gasteiger partial charge in [0, 0.05) is 30.0 Å². The number of amides is 4. The van der Waals surface area contributed by atoms with Gasteiger partial charge >= 0.3 is 0 Å². The van der Waals surface area contributed by atoms with Crippen LogP contribution in [0, 0.1) is 11.8 Å². The van der Waals surface area contributed by atoms with E-state index in [9.17, 15) is 19.2 Å². The number of nitrogens with zero attached hydrogens (tertiary/aromatic N) is 2. The zero-order valence-corrected chi connectivity index (χ0v) is 29.0. The Bertz CT molecular complexity index is 1060. The summed E-state index contributed by atoms with van der Waals surface area (Å²) in [6, 6.07) is -0.698. The Morgan fingerprint density at radius 2 is 1.84 bits per heavy atom. The van der Waals surface area contributed by atoms with Gasteiger partial charge in [-0.1, -0.05) is 73.6 Å². The van der Waals surface area contributed by atoms with Crippen molar-refractivity contribution < 1.29 is 23.9 Å². The molecule has 0 saturated heterocycles. The second-order valence-corrected chi connectivity index (χ2v) is 13.5. The van der Waals surface area contributed by atoms with Gasteiger partial charge in [0.05, 0.1) is 31.8 Å². The molecule has 2 fully saturated rings. The molecule has 242 valence electrons. The number of allylic oxidation sites excluding steroid dienone is 4. The van der Waals surface area contributed by atoms with Crippen LogP contribution in [0.2, 0.25) is 0 Å². The third-order valence-electron chi connectivity index (χ3n) is 6.72. The highest BCUT2D eigenvalue weighted by Crippen LogP contribution is 2.35. The molecule has 0 aromatic rings. The Balaban J connectivity index is 0.000000596. The third-order valence-corrected chi connectivity index (χ3v) is 7.46. The number of hydrogen-bond donors (Lipinski definition) is 2. The fourth-order valence-corrected chi connectivity index (χ4v) is 4.05. The van der Waals surface area contributed by atoms with E-state index in [1.807, 2.05) is 19.1 Å². The molecule has 0 bridgehead atoms. The highest BCUT2D eigenvalue weighted by molar-refractivity contribution is 9.11. The van der Waals surface area contributed by atoms with Crippen LogP contribution in [0.1, 0.15) is 66.2 Å². The Kier molecular flexibility index (Phi) is 17.1. The van der Waals surface area contributed by atoms with Crippen molar-refractivity contribution in [1.82, 2.24) is 20.4 Å². The Morgan fingerprint density at radius 3 is 2.33 bits per heavy atom. The highest BCUT2D eigenvalue weighted by Gasteiger charge is 2.44. The molecule has 0 aromatic heterocycles. The zero-order chi connectivity index (χ0) is 32.7. The van der Waals surface area contributed by atoms with E-state index < -0.39 is 6.04 Å². The monoisotopic (exact) mass is 684 g/mol. The summed E-state index contributed by atoms with van der Waals surface area (Å²) in [5, 5.41) is 6.09. The summed E-state index contributed by atoms with van der Waals surface area (Å²) in [6.07, 6.45) is 10.0. The topological polar surface area (TPSA) is 108 Å². The molecular weight excluding hydrogens is 636 g/mol. The summed E-state index contributed by atoms with van der Waals surface area (Å²) in [5.74, 6) is 0.196. The van der Waals surface area contributed by atoms with Crippen molar-refractivity contribution in [3.63, 3.8) is 0 Å². The largest absolute Gasteiger partial charge is 0.375 e. The number of carbonyl (C=O) groups is 4. The van der Waals surface area contributed by atoms with Gasteiger partial charge in [0.25, 0.3) is 0 Å². The van der Waals surface area contributed by atoms with Crippen molar-refractivity contribution >= 4 is 51.2 Å². The quantitative estimate of drug-likeness (QED) is 0.311. The molecule has 1 unspecified atom stereocenters. The summed E-state index contributed by atoms with van der Waals surface area (Å²) < 4.78 is 6.51. The molecule has 2 N–H and O–H groups in total. The fourth-order valence-electron chi connectivity index (χ4n) is 3.77. The van der Waals surface area contributed by atoms with E-state index in [2.05, 4.69) is 60.5 Å². The molecule has 0 aromatic carbocycles. The average molecular weight is 686 g/mol. The molecule has 43 heavy (non-hydrogen) atoms. The van der Waals surface area contributed by atoms with Crippen LogP contribution in [0.4, 0.5) is 0 Å². The van der Waals surface area contributed by atoms with Crippen molar-refractivity contribution in [3.05, 3.63) is 46.5 Å². The summed E-state index contributed by atoms with van der Waals surface area (Å²) in [4.78, 5) is 52.6. The molecule has 2 saturated carbocycles. The first-order chi connectivity index (χ1) is 20.1. The van der Waals surface area contributed by atoms with Gasteiger partial charge in [0.1, 0.15) is 6.04 Å². The Labute approximate surface area is 271 Å². The van der Waals surface area contributed by atoms with Crippen LogP contribution in [-0.4, -0.2) is 85.4 Å². The van der Waals surface area contributed by atoms with Crippen molar-refractivity contribution in [2.45, 2.75) is 77.8 Å². The van der Waals surface area contributed by atoms with Crippen LogP contribution in [0.25, 0.3) is 0 Å². The van der Waals surface area contributed by atoms with E-state index in [1.54, 1.807) is 13.1 Å². The van der Waals surface area contributed by atoms with Crippen LogP contribution >= 0.6 is 27.5 Å². The number of hydrogen-bond acceptors (Lipinski definition) is 5. The molecule has 2 aliphatic carbocycles. The first kappa shape index (κ1) is 38.6. The molecule has 1 aliphatic heterocycles. The van der Waals surface area contributed by atoms with Crippen molar-refractivity contribution in [2.75, 3.05) is 40.4 Å². The standard InChI is InChI=1S/C21H32N4O5.C7H8BrCl.C4H10/c1-24-13-17(26)23-21(8-9-21)14-30-10-4-3-5-16(20(29)22-12-19(24)28)25(2)18(27)11-15-6-7-15;1-5(7(3)8)4-6(2)9;1-4(2)3/h3-4,15-16H,5-14H2,1-2H3,(H,22,29)(H,23,26);4H,2-3H2,1H3;4H,1-3H3/b4-3+;5-4-;. The third kappa shape index (κ3) is 16.9. The van der Waals surface area contributed by atoms with Gasteiger partial charge in [-0.15, -0.1) is 0 Å². The maximum absolute atomic E-state index is 12.7. The minimum absolute atomic E-state index is 0.0625.